The summed E-state index contributed by atoms with van der Waals surface area (Å²) in [4.78, 5) is 4.58. The fourth-order valence-corrected chi connectivity index (χ4v) is 3.29. The molecular weight excluding hydrogens is 262 g/mol. The second-order valence-electron chi connectivity index (χ2n) is 5.58. The number of fused-ring (bicyclic) bond motifs is 1. The Kier molecular flexibility index (Phi) is 3.90. The largest absolute Gasteiger partial charge is 0.496 e. The highest BCUT2D eigenvalue weighted by atomic mass is 16.5. The number of aromatic nitrogens is 1. The van der Waals surface area contributed by atoms with E-state index < -0.39 is 0 Å². The summed E-state index contributed by atoms with van der Waals surface area (Å²) in [7, 11) is 1.70. The van der Waals surface area contributed by atoms with Crippen LogP contribution in [0.5, 0.6) is 5.75 Å². The number of nitrogens with zero attached hydrogens (tertiary/aromatic N) is 1. The molecule has 1 aliphatic rings. The van der Waals surface area contributed by atoms with Crippen LogP contribution in [0.1, 0.15) is 40.8 Å². The summed E-state index contributed by atoms with van der Waals surface area (Å²) >= 11 is 0. The summed E-state index contributed by atoms with van der Waals surface area (Å²) in [6.45, 7) is 2.08. The highest BCUT2D eigenvalue weighted by Crippen LogP contribution is 2.42. The van der Waals surface area contributed by atoms with Crippen molar-refractivity contribution in [2.24, 2.45) is 5.84 Å². The number of aryl methyl sites for hydroxylation is 2. The highest BCUT2D eigenvalue weighted by Gasteiger charge is 2.32. The van der Waals surface area contributed by atoms with Gasteiger partial charge in [-0.25, -0.2) is 0 Å². The number of benzene rings is 1. The summed E-state index contributed by atoms with van der Waals surface area (Å²) in [5.41, 5.74) is 7.77. The molecule has 4 heteroatoms. The normalized spacial score (nSPS) is 18.3. The van der Waals surface area contributed by atoms with Crippen molar-refractivity contribution in [1.82, 2.24) is 10.4 Å². The Morgan fingerprint density at radius 2 is 2.24 bits per heavy atom. The number of hydrogen-bond donors (Lipinski definition) is 2. The molecule has 0 radical (unpaired) electrons. The molecule has 110 valence electrons. The maximum absolute atomic E-state index is 5.88. The summed E-state index contributed by atoms with van der Waals surface area (Å²) < 4.78 is 5.51. The van der Waals surface area contributed by atoms with E-state index in [9.17, 15) is 0 Å². The van der Waals surface area contributed by atoms with Gasteiger partial charge in [0.05, 0.1) is 13.2 Å². The summed E-state index contributed by atoms with van der Waals surface area (Å²) in [5.74, 6) is 7.03. The van der Waals surface area contributed by atoms with Crippen LogP contribution < -0.4 is 16.0 Å². The maximum atomic E-state index is 5.88. The van der Waals surface area contributed by atoms with E-state index in [4.69, 9.17) is 10.6 Å². The number of hydrogen-bond acceptors (Lipinski definition) is 4. The Bertz CT molecular complexity index is 642. The van der Waals surface area contributed by atoms with Crippen molar-refractivity contribution in [2.45, 2.75) is 31.7 Å². The van der Waals surface area contributed by atoms with E-state index in [1.807, 2.05) is 18.3 Å². The van der Waals surface area contributed by atoms with Gasteiger partial charge in [-0.2, -0.15) is 0 Å². The zero-order valence-corrected chi connectivity index (χ0v) is 12.5. The molecule has 4 nitrogen and oxygen atoms in total. The van der Waals surface area contributed by atoms with Crippen LogP contribution in [-0.4, -0.2) is 12.1 Å². The third-order valence-corrected chi connectivity index (χ3v) is 4.30. The second kappa shape index (κ2) is 5.84. The molecule has 21 heavy (non-hydrogen) atoms. The number of nitrogens with two attached hydrogens (primary N) is 1. The molecule has 2 aromatic rings. The van der Waals surface area contributed by atoms with E-state index >= 15 is 0 Å². The fraction of sp³-hybridized carbons (Fsp3) is 0.353. The van der Waals surface area contributed by atoms with E-state index in [1.165, 1.54) is 11.1 Å². The average Bonchev–Trinajstić information content (AvgIpc) is 2.93. The quantitative estimate of drug-likeness (QED) is 0.669. The lowest BCUT2D eigenvalue weighted by molar-refractivity contribution is 0.383. The van der Waals surface area contributed by atoms with Crippen LogP contribution in [0.25, 0.3) is 0 Å². The molecular formula is C17H21N3O. The van der Waals surface area contributed by atoms with Gasteiger partial charge in [0.15, 0.2) is 0 Å². The Balaban J connectivity index is 2.02. The standard InChI is InChI=1S/C17H21N3O/c1-11-5-8-15(21-2)14(10-11)17(20-18)13-7-6-12-4-3-9-19-16(12)13/h3-5,8-10,13,17,20H,6-7,18H2,1-2H3. The van der Waals surface area contributed by atoms with Crippen molar-refractivity contribution in [3.8, 4) is 5.75 Å². The Hall–Kier alpha value is -1.91. The topological polar surface area (TPSA) is 60.2 Å². The lowest BCUT2D eigenvalue weighted by Crippen LogP contribution is -2.32. The van der Waals surface area contributed by atoms with E-state index in [1.54, 1.807) is 7.11 Å². The van der Waals surface area contributed by atoms with Gasteiger partial charge in [-0.3, -0.25) is 16.3 Å². The fourth-order valence-electron chi connectivity index (χ4n) is 3.29. The van der Waals surface area contributed by atoms with Crippen molar-refractivity contribution in [3.05, 3.63) is 58.9 Å². The molecule has 0 bridgehead atoms. The summed E-state index contributed by atoms with van der Waals surface area (Å²) in [6.07, 6.45) is 3.97. The monoisotopic (exact) mass is 283 g/mol. The molecule has 0 amide bonds. The van der Waals surface area contributed by atoms with Crippen LogP contribution in [0.3, 0.4) is 0 Å². The SMILES string of the molecule is COc1ccc(C)cc1C(NN)C1CCc2cccnc21. The minimum atomic E-state index is 0.0102. The molecule has 0 spiro atoms. The van der Waals surface area contributed by atoms with Gasteiger partial charge in [-0.15, -0.1) is 0 Å². The number of ether oxygens (including phenoxy) is 1. The van der Waals surface area contributed by atoms with Gasteiger partial charge in [0.1, 0.15) is 5.75 Å². The molecule has 3 N–H and O–H groups in total. The smallest absolute Gasteiger partial charge is 0.123 e. The average molecular weight is 283 g/mol. The summed E-state index contributed by atoms with van der Waals surface area (Å²) in [5, 5.41) is 0. The van der Waals surface area contributed by atoms with Gasteiger partial charge in [0, 0.05) is 23.4 Å². The first-order valence-electron chi connectivity index (χ1n) is 7.29. The third-order valence-electron chi connectivity index (χ3n) is 4.30. The zero-order chi connectivity index (χ0) is 14.8. The van der Waals surface area contributed by atoms with Crippen molar-refractivity contribution >= 4 is 0 Å². The Labute approximate surface area is 125 Å². The lowest BCUT2D eigenvalue weighted by atomic mass is 9.90. The van der Waals surface area contributed by atoms with Crippen molar-refractivity contribution < 1.29 is 4.74 Å². The van der Waals surface area contributed by atoms with Crippen LogP contribution in [-0.2, 0) is 6.42 Å². The van der Waals surface area contributed by atoms with Gasteiger partial charge < -0.3 is 4.74 Å². The van der Waals surface area contributed by atoms with Crippen molar-refractivity contribution in [2.75, 3.05) is 7.11 Å². The minimum Gasteiger partial charge on any atom is -0.496 e. The van der Waals surface area contributed by atoms with Gasteiger partial charge in [0.2, 0.25) is 0 Å². The van der Waals surface area contributed by atoms with E-state index in [2.05, 4.69) is 35.5 Å². The lowest BCUT2D eigenvalue weighted by Gasteiger charge is -2.25. The highest BCUT2D eigenvalue weighted by molar-refractivity contribution is 5.42. The van der Waals surface area contributed by atoms with Gasteiger partial charge in [-0.05, 0) is 37.5 Å². The molecule has 2 unspecified atom stereocenters. The first kappa shape index (κ1) is 14.0. The molecule has 1 aromatic carbocycles. The Morgan fingerprint density at radius 3 is 3.00 bits per heavy atom. The first-order chi connectivity index (χ1) is 10.2. The maximum Gasteiger partial charge on any atom is 0.123 e. The molecule has 0 saturated carbocycles. The molecule has 1 aliphatic carbocycles. The van der Waals surface area contributed by atoms with Crippen LogP contribution in [0, 0.1) is 6.92 Å². The number of hydrazine groups is 1. The van der Waals surface area contributed by atoms with Crippen LogP contribution in [0.2, 0.25) is 0 Å². The van der Waals surface area contributed by atoms with E-state index in [-0.39, 0.29) is 12.0 Å². The second-order valence-corrected chi connectivity index (χ2v) is 5.58. The van der Waals surface area contributed by atoms with Gasteiger partial charge in [0.25, 0.3) is 0 Å². The first-order valence-corrected chi connectivity index (χ1v) is 7.29. The molecule has 0 fully saturated rings. The van der Waals surface area contributed by atoms with Crippen molar-refractivity contribution in [3.63, 3.8) is 0 Å². The molecule has 2 atom stereocenters. The molecule has 0 aliphatic heterocycles. The van der Waals surface area contributed by atoms with E-state index in [0.29, 0.717) is 0 Å². The zero-order valence-electron chi connectivity index (χ0n) is 12.5. The van der Waals surface area contributed by atoms with Crippen molar-refractivity contribution in [1.29, 1.82) is 0 Å². The number of methoxy groups -OCH3 is 1. The molecule has 0 saturated heterocycles. The third kappa shape index (κ3) is 2.52. The van der Waals surface area contributed by atoms with Crippen LogP contribution >= 0.6 is 0 Å². The van der Waals surface area contributed by atoms with Crippen LogP contribution in [0.15, 0.2) is 36.5 Å². The Morgan fingerprint density at radius 1 is 1.38 bits per heavy atom. The number of nitrogens with one attached hydrogen (secondary N) is 1. The number of pyridine rings is 1. The molecule has 3 rings (SSSR count). The molecule has 1 aromatic heterocycles. The number of rotatable bonds is 4. The minimum absolute atomic E-state index is 0.0102. The van der Waals surface area contributed by atoms with Crippen LogP contribution in [0.4, 0.5) is 0 Å². The van der Waals surface area contributed by atoms with Gasteiger partial charge >= 0.3 is 0 Å². The van der Waals surface area contributed by atoms with Gasteiger partial charge in [-0.1, -0.05) is 23.8 Å². The summed E-state index contributed by atoms with van der Waals surface area (Å²) in [6, 6.07) is 10.4. The predicted octanol–water partition coefficient (Wildman–Crippen LogP) is 2.63. The predicted molar refractivity (Wildman–Crippen MR) is 83.1 cm³/mol. The van der Waals surface area contributed by atoms with E-state index in [0.717, 1.165) is 29.8 Å². The molecule has 1 heterocycles.